The van der Waals surface area contributed by atoms with Crippen LogP contribution >= 0.6 is 0 Å². The lowest BCUT2D eigenvalue weighted by Crippen LogP contribution is -2.46. The van der Waals surface area contributed by atoms with Crippen molar-refractivity contribution in [1.29, 1.82) is 0 Å². The van der Waals surface area contributed by atoms with Crippen LogP contribution in [0.25, 0.3) is 0 Å². The van der Waals surface area contributed by atoms with Crippen LogP contribution in [0.3, 0.4) is 0 Å². The Balaban J connectivity index is 2.29. The molecule has 0 aromatic heterocycles. The first-order chi connectivity index (χ1) is 8.40. The molecule has 1 rings (SSSR count). The normalized spacial score (nSPS) is 15.9. The van der Waals surface area contributed by atoms with E-state index in [9.17, 15) is 14.4 Å². The lowest BCUT2D eigenvalue weighted by atomic mass is 10.1. The number of nitrogens with one attached hydrogen (secondary N) is 1. The van der Waals surface area contributed by atoms with Crippen LogP contribution in [0.4, 0.5) is 0 Å². The number of carboxylic acid groups (broad SMARTS) is 1. The minimum Gasteiger partial charge on any atom is -0.481 e. The van der Waals surface area contributed by atoms with Gasteiger partial charge in [-0.1, -0.05) is 0 Å². The largest absolute Gasteiger partial charge is 0.481 e. The highest BCUT2D eigenvalue weighted by atomic mass is 16.4. The van der Waals surface area contributed by atoms with Crippen molar-refractivity contribution in [2.24, 2.45) is 5.73 Å². The molecule has 7 heteroatoms. The average Bonchev–Trinajstić information content (AvgIpc) is 3.08. The summed E-state index contributed by atoms with van der Waals surface area (Å²) in [5, 5.41) is 11.3. The Morgan fingerprint density at radius 3 is 2.56 bits per heavy atom. The minimum atomic E-state index is -0.993. The zero-order valence-electron chi connectivity index (χ0n) is 10.4. The van der Waals surface area contributed by atoms with E-state index < -0.39 is 17.9 Å². The zero-order chi connectivity index (χ0) is 13.7. The molecular formula is C11H19N3O4. The number of aliphatic carboxylic acids is 1. The number of carboxylic acids is 1. The number of carbonyl (C=O) groups excluding carboxylic acids is 2. The molecule has 4 N–H and O–H groups in total. The average molecular weight is 257 g/mol. The van der Waals surface area contributed by atoms with E-state index >= 15 is 0 Å². The molecule has 0 heterocycles. The van der Waals surface area contributed by atoms with Crippen molar-refractivity contribution < 1.29 is 19.5 Å². The zero-order valence-corrected chi connectivity index (χ0v) is 10.4. The molecule has 1 aliphatic carbocycles. The topological polar surface area (TPSA) is 113 Å². The monoisotopic (exact) mass is 257 g/mol. The van der Waals surface area contributed by atoms with Gasteiger partial charge in [0.15, 0.2) is 0 Å². The molecule has 1 unspecified atom stereocenters. The summed E-state index contributed by atoms with van der Waals surface area (Å²) in [7, 11) is 1.48. The lowest BCUT2D eigenvalue weighted by molar-refractivity contribution is -0.138. The Hall–Kier alpha value is -1.63. The number of nitrogens with two attached hydrogens (primary N) is 1. The van der Waals surface area contributed by atoms with Gasteiger partial charge in [-0.25, -0.2) is 0 Å². The van der Waals surface area contributed by atoms with Gasteiger partial charge in [0.05, 0.1) is 12.6 Å². The van der Waals surface area contributed by atoms with Crippen molar-refractivity contribution in [2.75, 3.05) is 13.6 Å². The molecule has 0 aromatic carbocycles. The predicted molar refractivity (Wildman–Crippen MR) is 63.6 cm³/mol. The molecule has 0 spiro atoms. The van der Waals surface area contributed by atoms with E-state index in [4.69, 9.17) is 10.8 Å². The van der Waals surface area contributed by atoms with Crippen LogP contribution in [-0.2, 0) is 14.4 Å². The second kappa shape index (κ2) is 6.34. The summed E-state index contributed by atoms with van der Waals surface area (Å²) in [6.45, 7) is -0.0455. The van der Waals surface area contributed by atoms with Gasteiger partial charge in [-0.3, -0.25) is 14.4 Å². The molecule has 2 amide bonds. The van der Waals surface area contributed by atoms with E-state index in [2.05, 4.69) is 5.32 Å². The van der Waals surface area contributed by atoms with E-state index in [1.54, 1.807) is 0 Å². The third kappa shape index (κ3) is 5.13. The van der Waals surface area contributed by atoms with Crippen LogP contribution in [0.15, 0.2) is 0 Å². The third-order valence-corrected chi connectivity index (χ3v) is 2.69. The number of rotatable bonds is 7. The van der Waals surface area contributed by atoms with Gasteiger partial charge in [-0.05, 0) is 19.3 Å². The van der Waals surface area contributed by atoms with Crippen molar-refractivity contribution in [3.63, 3.8) is 0 Å². The van der Waals surface area contributed by atoms with Crippen molar-refractivity contribution in [2.45, 2.75) is 37.8 Å². The molecule has 1 aliphatic rings. The SMILES string of the molecule is CN(CC(=O)NC1CC1)C(=O)C(N)CCC(=O)O. The fourth-order valence-electron chi connectivity index (χ4n) is 1.48. The van der Waals surface area contributed by atoms with Gasteiger partial charge in [-0.2, -0.15) is 0 Å². The van der Waals surface area contributed by atoms with Crippen molar-refractivity contribution in [3.8, 4) is 0 Å². The van der Waals surface area contributed by atoms with Gasteiger partial charge in [0.1, 0.15) is 0 Å². The van der Waals surface area contributed by atoms with Gasteiger partial charge in [0.2, 0.25) is 11.8 Å². The highest BCUT2D eigenvalue weighted by Gasteiger charge is 2.25. The maximum absolute atomic E-state index is 11.7. The number of likely N-dealkylation sites (N-methyl/N-ethyl adjacent to an activating group) is 1. The number of hydrogen-bond donors (Lipinski definition) is 3. The maximum Gasteiger partial charge on any atom is 0.303 e. The summed E-state index contributed by atoms with van der Waals surface area (Å²) in [5.74, 6) is -1.62. The van der Waals surface area contributed by atoms with Gasteiger partial charge >= 0.3 is 5.97 Å². The molecule has 7 nitrogen and oxygen atoms in total. The van der Waals surface area contributed by atoms with Crippen molar-refractivity contribution in [1.82, 2.24) is 10.2 Å². The van der Waals surface area contributed by atoms with Crippen LogP contribution in [0.5, 0.6) is 0 Å². The predicted octanol–water partition coefficient (Wildman–Crippen LogP) is -1.08. The molecule has 0 aromatic rings. The first-order valence-electron chi connectivity index (χ1n) is 5.92. The molecular weight excluding hydrogens is 238 g/mol. The molecule has 0 saturated heterocycles. The van der Waals surface area contributed by atoms with Gasteiger partial charge in [0.25, 0.3) is 0 Å². The van der Waals surface area contributed by atoms with E-state index in [1.807, 2.05) is 0 Å². The highest BCUT2D eigenvalue weighted by Crippen LogP contribution is 2.18. The Kier molecular flexibility index (Phi) is 5.08. The summed E-state index contributed by atoms with van der Waals surface area (Å²) < 4.78 is 0. The fourth-order valence-corrected chi connectivity index (χ4v) is 1.48. The minimum absolute atomic E-state index is 0.0455. The first-order valence-corrected chi connectivity index (χ1v) is 5.92. The van der Waals surface area contributed by atoms with Crippen LogP contribution in [0.1, 0.15) is 25.7 Å². The van der Waals surface area contributed by atoms with Crippen molar-refractivity contribution in [3.05, 3.63) is 0 Å². The van der Waals surface area contributed by atoms with Gasteiger partial charge in [-0.15, -0.1) is 0 Å². The Labute approximate surface area is 105 Å². The van der Waals surface area contributed by atoms with Crippen LogP contribution < -0.4 is 11.1 Å². The van der Waals surface area contributed by atoms with Gasteiger partial charge in [0, 0.05) is 19.5 Å². The summed E-state index contributed by atoms with van der Waals surface area (Å²) in [6.07, 6.45) is 1.89. The third-order valence-electron chi connectivity index (χ3n) is 2.69. The molecule has 1 atom stereocenters. The van der Waals surface area contributed by atoms with E-state index in [-0.39, 0.29) is 31.3 Å². The number of amides is 2. The Morgan fingerprint density at radius 1 is 1.44 bits per heavy atom. The molecule has 1 fully saturated rings. The second-order valence-corrected chi connectivity index (χ2v) is 4.57. The molecule has 102 valence electrons. The number of carbonyl (C=O) groups is 3. The number of nitrogens with zero attached hydrogens (tertiary/aromatic N) is 1. The van der Waals surface area contributed by atoms with E-state index in [0.29, 0.717) is 0 Å². The molecule has 18 heavy (non-hydrogen) atoms. The van der Waals surface area contributed by atoms with Crippen molar-refractivity contribution >= 4 is 17.8 Å². The van der Waals surface area contributed by atoms with E-state index in [1.165, 1.54) is 11.9 Å². The van der Waals surface area contributed by atoms with Crippen LogP contribution in [0.2, 0.25) is 0 Å². The highest BCUT2D eigenvalue weighted by molar-refractivity contribution is 5.87. The fraction of sp³-hybridized carbons (Fsp3) is 0.727. The summed E-state index contributed by atoms with van der Waals surface area (Å²) in [4.78, 5) is 34.8. The molecule has 0 bridgehead atoms. The van der Waals surface area contributed by atoms with Gasteiger partial charge < -0.3 is 21.1 Å². The standard InChI is InChI=1S/C11H19N3O4/c1-14(6-9(15)13-7-2-3-7)11(18)8(12)4-5-10(16)17/h7-8H,2-6,12H2,1H3,(H,13,15)(H,16,17). The lowest BCUT2D eigenvalue weighted by Gasteiger charge is -2.20. The smallest absolute Gasteiger partial charge is 0.303 e. The molecule has 1 saturated carbocycles. The maximum atomic E-state index is 11.7. The summed E-state index contributed by atoms with van der Waals surface area (Å²) >= 11 is 0. The first kappa shape index (κ1) is 14.4. The quantitative estimate of drug-likeness (QED) is 0.536. The van der Waals surface area contributed by atoms with E-state index in [0.717, 1.165) is 12.8 Å². The number of hydrogen-bond acceptors (Lipinski definition) is 4. The van der Waals surface area contributed by atoms with Crippen LogP contribution in [-0.4, -0.2) is 53.5 Å². The molecule has 0 aliphatic heterocycles. The Bertz CT molecular complexity index is 341. The Morgan fingerprint density at radius 2 is 2.06 bits per heavy atom. The summed E-state index contributed by atoms with van der Waals surface area (Å²) in [5.41, 5.74) is 5.57. The second-order valence-electron chi connectivity index (χ2n) is 4.57. The van der Waals surface area contributed by atoms with Crippen LogP contribution in [0, 0.1) is 0 Å². The molecule has 0 radical (unpaired) electrons. The summed E-state index contributed by atoms with van der Waals surface area (Å²) in [6, 6.07) is -0.624.